The molecule has 0 aliphatic heterocycles. The largest absolute Gasteiger partial charge is 0.368 e. The van der Waals surface area contributed by atoms with Crippen molar-refractivity contribution in [2.24, 2.45) is 11.7 Å². The molecular weight excluding hydrogens is 374 g/mol. The maximum atomic E-state index is 12.4. The summed E-state index contributed by atoms with van der Waals surface area (Å²) in [6.45, 7) is 2.04. The lowest BCUT2D eigenvalue weighted by Gasteiger charge is -2.34. The van der Waals surface area contributed by atoms with Gasteiger partial charge < -0.3 is 11.1 Å². The first kappa shape index (κ1) is 21.6. The number of nitrogens with one attached hydrogen (secondary N) is 1. The molecule has 0 heterocycles. The molecule has 3 N–H and O–H groups in total. The second-order valence-electron chi connectivity index (χ2n) is 8.13. The standard InChI is InChI=1S/C25H29N3O2/c1-2-3-10-23(29)28-25(24(27)30)15-6-8-21(25)16-18-11-13-19(14-12-18)22-9-5-4-7-20(22)17-26/h4-5,7,9,11-14,21H,2-3,6,8,10,15-16H2,1H3,(H2,27,30)(H,28,29). The number of hydrogen-bond donors (Lipinski definition) is 2. The Labute approximate surface area is 178 Å². The fraction of sp³-hybridized carbons (Fsp3) is 0.400. The average molecular weight is 404 g/mol. The number of benzene rings is 2. The van der Waals surface area contributed by atoms with Gasteiger partial charge in [-0.1, -0.05) is 62.2 Å². The number of primary amides is 1. The fourth-order valence-electron chi connectivity index (χ4n) is 4.49. The highest BCUT2D eigenvalue weighted by molar-refractivity contribution is 5.91. The molecule has 2 atom stereocenters. The van der Waals surface area contributed by atoms with Gasteiger partial charge in [-0.05, 0) is 54.4 Å². The van der Waals surface area contributed by atoms with Crippen molar-refractivity contribution in [1.82, 2.24) is 5.32 Å². The summed E-state index contributed by atoms with van der Waals surface area (Å²) in [5, 5.41) is 12.3. The van der Waals surface area contributed by atoms with E-state index < -0.39 is 11.4 Å². The van der Waals surface area contributed by atoms with E-state index in [0.717, 1.165) is 42.4 Å². The molecule has 0 spiro atoms. The fourth-order valence-corrected chi connectivity index (χ4v) is 4.49. The number of nitrogens with two attached hydrogens (primary N) is 1. The summed E-state index contributed by atoms with van der Waals surface area (Å²) in [5.74, 6) is -0.543. The van der Waals surface area contributed by atoms with Crippen LogP contribution < -0.4 is 11.1 Å². The molecule has 1 aliphatic carbocycles. The zero-order valence-corrected chi connectivity index (χ0v) is 17.5. The highest BCUT2D eigenvalue weighted by Crippen LogP contribution is 2.38. The molecule has 5 heteroatoms. The van der Waals surface area contributed by atoms with Crippen molar-refractivity contribution in [3.63, 3.8) is 0 Å². The molecule has 2 aromatic carbocycles. The van der Waals surface area contributed by atoms with Crippen molar-refractivity contribution < 1.29 is 9.59 Å². The van der Waals surface area contributed by atoms with E-state index in [1.165, 1.54) is 0 Å². The third-order valence-corrected chi connectivity index (χ3v) is 6.17. The lowest BCUT2D eigenvalue weighted by molar-refractivity contribution is -0.133. The van der Waals surface area contributed by atoms with E-state index in [1.54, 1.807) is 0 Å². The second-order valence-corrected chi connectivity index (χ2v) is 8.13. The van der Waals surface area contributed by atoms with Crippen LogP contribution in [0.2, 0.25) is 0 Å². The topological polar surface area (TPSA) is 96.0 Å². The normalized spacial score (nSPS) is 20.5. The Balaban J connectivity index is 1.78. The van der Waals surface area contributed by atoms with Crippen molar-refractivity contribution in [1.29, 1.82) is 5.26 Å². The maximum absolute atomic E-state index is 12.4. The lowest BCUT2D eigenvalue weighted by Crippen LogP contribution is -2.60. The highest BCUT2D eigenvalue weighted by Gasteiger charge is 2.48. The van der Waals surface area contributed by atoms with Gasteiger partial charge in [-0.2, -0.15) is 5.26 Å². The molecule has 2 unspecified atom stereocenters. The molecule has 3 rings (SSSR count). The molecule has 1 saturated carbocycles. The Kier molecular flexibility index (Phi) is 6.89. The van der Waals surface area contributed by atoms with E-state index in [0.29, 0.717) is 24.8 Å². The zero-order chi connectivity index (χ0) is 21.6. The summed E-state index contributed by atoms with van der Waals surface area (Å²) in [7, 11) is 0. The van der Waals surface area contributed by atoms with E-state index in [1.807, 2.05) is 55.5 Å². The van der Waals surface area contributed by atoms with Crippen LogP contribution in [-0.4, -0.2) is 17.4 Å². The SMILES string of the molecule is CCCCC(=O)NC1(C(N)=O)CCCC1Cc1ccc(-c2ccccc2C#N)cc1. The molecule has 156 valence electrons. The summed E-state index contributed by atoms with van der Waals surface area (Å²) in [6.07, 6.45) is 5.16. The number of nitriles is 1. The van der Waals surface area contributed by atoms with Gasteiger partial charge in [0.05, 0.1) is 11.6 Å². The third-order valence-electron chi connectivity index (χ3n) is 6.17. The molecule has 0 radical (unpaired) electrons. The van der Waals surface area contributed by atoms with Crippen LogP contribution in [0.3, 0.4) is 0 Å². The molecule has 5 nitrogen and oxygen atoms in total. The Morgan fingerprint density at radius 3 is 2.60 bits per heavy atom. The highest BCUT2D eigenvalue weighted by atomic mass is 16.2. The van der Waals surface area contributed by atoms with Gasteiger partial charge in [-0.25, -0.2) is 0 Å². The number of amides is 2. The molecule has 0 saturated heterocycles. The van der Waals surface area contributed by atoms with Crippen LogP contribution in [0.5, 0.6) is 0 Å². The van der Waals surface area contributed by atoms with E-state index >= 15 is 0 Å². The Hall–Kier alpha value is -3.13. The predicted molar refractivity (Wildman–Crippen MR) is 117 cm³/mol. The number of rotatable bonds is 8. The van der Waals surface area contributed by atoms with E-state index in [2.05, 4.69) is 11.4 Å². The number of hydrogen-bond acceptors (Lipinski definition) is 3. The van der Waals surface area contributed by atoms with Crippen LogP contribution >= 0.6 is 0 Å². The number of nitrogens with zero attached hydrogens (tertiary/aromatic N) is 1. The van der Waals surface area contributed by atoms with Crippen molar-refractivity contribution in [3.05, 3.63) is 59.7 Å². The summed E-state index contributed by atoms with van der Waals surface area (Å²) in [5.41, 5.74) is 8.46. The minimum Gasteiger partial charge on any atom is -0.368 e. The number of carbonyl (C=O) groups excluding carboxylic acids is 2. The van der Waals surface area contributed by atoms with Gasteiger partial charge in [0.25, 0.3) is 0 Å². The number of unbranched alkanes of at least 4 members (excludes halogenated alkanes) is 1. The quantitative estimate of drug-likeness (QED) is 0.694. The first-order valence-electron chi connectivity index (χ1n) is 10.7. The third kappa shape index (κ3) is 4.54. The van der Waals surface area contributed by atoms with Crippen LogP contribution in [-0.2, 0) is 16.0 Å². The second kappa shape index (κ2) is 9.58. The van der Waals surface area contributed by atoms with Crippen molar-refractivity contribution >= 4 is 11.8 Å². The van der Waals surface area contributed by atoms with E-state index in [4.69, 9.17) is 5.73 Å². The minimum atomic E-state index is -0.961. The maximum Gasteiger partial charge on any atom is 0.243 e. The van der Waals surface area contributed by atoms with E-state index in [-0.39, 0.29) is 11.8 Å². The molecular formula is C25H29N3O2. The molecule has 1 aliphatic rings. The molecule has 1 fully saturated rings. The summed E-state index contributed by atoms with van der Waals surface area (Å²) in [6, 6.07) is 17.8. The first-order chi connectivity index (χ1) is 14.5. The van der Waals surface area contributed by atoms with Crippen LogP contribution in [0.1, 0.15) is 56.6 Å². The van der Waals surface area contributed by atoms with Gasteiger partial charge in [-0.3, -0.25) is 9.59 Å². The minimum absolute atomic E-state index is 0.0159. The van der Waals surface area contributed by atoms with Crippen LogP contribution in [0, 0.1) is 17.2 Å². The first-order valence-corrected chi connectivity index (χ1v) is 10.7. The van der Waals surface area contributed by atoms with Gasteiger partial charge in [0.1, 0.15) is 5.54 Å². The summed E-state index contributed by atoms with van der Waals surface area (Å²) >= 11 is 0. The van der Waals surface area contributed by atoms with Gasteiger partial charge in [0, 0.05) is 6.42 Å². The molecule has 2 amide bonds. The lowest BCUT2D eigenvalue weighted by atomic mass is 9.81. The van der Waals surface area contributed by atoms with Gasteiger partial charge >= 0.3 is 0 Å². The van der Waals surface area contributed by atoms with Crippen molar-refractivity contribution in [2.75, 3.05) is 0 Å². The van der Waals surface area contributed by atoms with Crippen LogP contribution in [0.15, 0.2) is 48.5 Å². The van der Waals surface area contributed by atoms with Gasteiger partial charge in [-0.15, -0.1) is 0 Å². The van der Waals surface area contributed by atoms with Gasteiger partial charge in [0.15, 0.2) is 0 Å². The Morgan fingerprint density at radius 1 is 1.20 bits per heavy atom. The predicted octanol–water partition coefficient (Wildman–Crippen LogP) is 4.10. The molecule has 2 aromatic rings. The summed E-state index contributed by atoms with van der Waals surface area (Å²) in [4.78, 5) is 24.8. The summed E-state index contributed by atoms with van der Waals surface area (Å²) < 4.78 is 0. The average Bonchev–Trinajstić information content (AvgIpc) is 3.16. The van der Waals surface area contributed by atoms with Crippen LogP contribution in [0.25, 0.3) is 11.1 Å². The smallest absolute Gasteiger partial charge is 0.243 e. The van der Waals surface area contributed by atoms with Crippen LogP contribution in [0.4, 0.5) is 0 Å². The van der Waals surface area contributed by atoms with E-state index in [9.17, 15) is 14.9 Å². The molecule has 30 heavy (non-hydrogen) atoms. The molecule has 0 aromatic heterocycles. The Bertz CT molecular complexity index is 946. The Morgan fingerprint density at radius 2 is 1.93 bits per heavy atom. The monoisotopic (exact) mass is 403 g/mol. The number of carbonyl (C=O) groups is 2. The van der Waals surface area contributed by atoms with Crippen molar-refractivity contribution in [2.45, 2.75) is 57.4 Å². The van der Waals surface area contributed by atoms with Crippen molar-refractivity contribution in [3.8, 4) is 17.2 Å². The zero-order valence-electron chi connectivity index (χ0n) is 17.5. The van der Waals surface area contributed by atoms with Gasteiger partial charge in [0.2, 0.25) is 11.8 Å². The molecule has 0 bridgehead atoms.